The third-order valence-corrected chi connectivity index (χ3v) is 2.96. The summed E-state index contributed by atoms with van der Waals surface area (Å²) < 4.78 is 0. The number of rotatable bonds is 2. The Kier molecular flexibility index (Phi) is 2.62. The van der Waals surface area contributed by atoms with Gasteiger partial charge in [0.25, 0.3) is 0 Å². The van der Waals surface area contributed by atoms with Crippen molar-refractivity contribution in [2.45, 2.75) is 12.8 Å². The van der Waals surface area contributed by atoms with Crippen molar-refractivity contribution in [3.8, 4) is 0 Å². The molecule has 0 aliphatic heterocycles. The number of nitrogens with one attached hydrogen (secondary N) is 1. The van der Waals surface area contributed by atoms with E-state index in [0.29, 0.717) is 0 Å². The lowest BCUT2D eigenvalue weighted by Gasteiger charge is -2.00. The lowest BCUT2D eigenvalue weighted by atomic mass is 10.1. The van der Waals surface area contributed by atoms with Crippen molar-refractivity contribution in [3.63, 3.8) is 0 Å². The highest BCUT2D eigenvalue weighted by Gasteiger charge is 2.00. The highest BCUT2D eigenvalue weighted by molar-refractivity contribution is 5.86. The zero-order valence-electron chi connectivity index (χ0n) is 9.56. The summed E-state index contributed by atoms with van der Waals surface area (Å²) in [6.07, 6.45) is 13.1. The normalized spacial score (nSPS) is 15.6. The third kappa shape index (κ3) is 2.07. The molecule has 17 heavy (non-hydrogen) atoms. The van der Waals surface area contributed by atoms with Gasteiger partial charge in [0, 0.05) is 5.39 Å². The van der Waals surface area contributed by atoms with Gasteiger partial charge in [0.15, 0.2) is 0 Å². The number of hydrogen-bond donors (Lipinski definition) is 1. The predicted molar refractivity (Wildman–Crippen MR) is 71.6 cm³/mol. The average molecular weight is 222 g/mol. The molecule has 0 amide bonds. The van der Waals surface area contributed by atoms with E-state index in [9.17, 15) is 0 Å². The molecule has 1 aliphatic carbocycles. The van der Waals surface area contributed by atoms with Crippen LogP contribution < -0.4 is 0 Å². The molecule has 1 N–H and O–H groups in total. The topological polar surface area (TPSA) is 28.7 Å². The Morgan fingerprint density at radius 1 is 1.12 bits per heavy atom. The quantitative estimate of drug-likeness (QED) is 0.821. The molecule has 1 heterocycles. The maximum absolute atomic E-state index is 4.32. The summed E-state index contributed by atoms with van der Waals surface area (Å²) in [6, 6.07) is 8.18. The summed E-state index contributed by atoms with van der Waals surface area (Å²) in [7, 11) is 0. The number of nitrogens with zero attached hydrogens (tertiary/aromatic N) is 1. The fraction of sp³-hybridized carbons (Fsp3) is 0.133. The number of benzene rings is 1. The maximum atomic E-state index is 4.32. The van der Waals surface area contributed by atoms with E-state index in [1.807, 2.05) is 18.2 Å². The molecular formula is C15H14N2. The number of H-pyrrole nitrogens is 1. The van der Waals surface area contributed by atoms with E-state index in [0.717, 1.165) is 24.1 Å². The van der Waals surface area contributed by atoms with Crippen LogP contribution in [0.4, 0.5) is 0 Å². The van der Waals surface area contributed by atoms with Crippen LogP contribution in [-0.2, 0) is 0 Å². The van der Waals surface area contributed by atoms with E-state index in [-0.39, 0.29) is 0 Å². The largest absolute Gasteiger partial charge is 0.277 e. The Morgan fingerprint density at radius 2 is 2.06 bits per heavy atom. The molecule has 84 valence electrons. The first-order valence-corrected chi connectivity index (χ1v) is 5.91. The van der Waals surface area contributed by atoms with Gasteiger partial charge in [-0.2, -0.15) is 5.10 Å². The Morgan fingerprint density at radius 3 is 2.94 bits per heavy atom. The van der Waals surface area contributed by atoms with Crippen molar-refractivity contribution in [1.82, 2.24) is 10.2 Å². The SMILES string of the molecule is C1=CC(/C=C/c2n[nH]c3ccccc23)=CCC1. The van der Waals surface area contributed by atoms with Gasteiger partial charge in [-0.15, -0.1) is 0 Å². The summed E-state index contributed by atoms with van der Waals surface area (Å²) in [5, 5.41) is 8.52. The predicted octanol–water partition coefficient (Wildman–Crippen LogP) is 3.85. The summed E-state index contributed by atoms with van der Waals surface area (Å²) >= 11 is 0. The highest BCUT2D eigenvalue weighted by Crippen LogP contribution is 2.18. The minimum Gasteiger partial charge on any atom is -0.277 e. The molecule has 0 atom stereocenters. The maximum Gasteiger partial charge on any atom is 0.0927 e. The van der Waals surface area contributed by atoms with Crippen LogP contribution in [0.1, 0.15) is 18.5 Å². The molecule has 0 fully saturated rings. The third-order valence-electron chi connectivity index (χ3n) is 2.96. The van der Waals surface area contributed by atoms with Gasteiger partial charge in [0.05, 0.1) is 11.2 Å². The van der Waals surface area contributed by atoms with Gasteiger partial charge in [-0.1, -0.05) is 42.5 Å². The molecule has 0 saturated heterocycles. The number of hydrogen-bond acceptors (Lipinski definition) is 1. The van der Waals surface area contributed by atoms with Crippen molar-refractivity contribution in [1.29, 1.82) is 0 Å². The summed E-state index contributed by atoms with van der Waals surface area (Å²) in [5.41, 5.74) is 3.35. The number of para-hydroxylation sites is 1. The van der Waals surface area contributed by atoms with Crippen molar-refractivity contribution in [2.24, 2.45) is 0 Å². The van der Waals surface area contributed by atoms with Gasteiger partial charge < -0.3 is 0 Å². The average Bonchev–Trinajstić information content (AvgIpc) is 2.81. The first-order chi connectivity index (χ1) is 8.43. The molecular weight excluding hydrogens is 208 g/mol. The van der Waals surface area contributed by atoms with E-state index in [1.54, 1.807) is 0 Å². The van der Waals surface area contributed by atoms with Crippen LogP contribution in [0, 0.1) is 0 Å². The number of aromatic amines is 1. The smallest absolute Gasteiger partial charge is 0.0927 e. The Labute approximate surface area is 100 Å². The Balaban J connectivity index is 1.92. The van der Waals surface area contributed by atoms with Crippen LogP contribution in [0.2, 0.25) is 0 Å². The van der Waals surface area contributed by atoms with Crippen molar-refractivity contribution < 1.29 is 0 Å². The van der Waals surface area contributed by atoms with Gasteiger partial charge in [-0.3, -0.25) is 5.10 Å². The zero-order valence-corrected chi connectivity index (χ0v) is 9.56. The van der Waals surface area contributed by atoms with Crippen molar-refractivity contribution in [2.75, 3.05) is 0 Å². The fourth-order valence-electron chi connectivity index (χ4n) is 2.04. The van der Waals surface area contributed by atoms with Crippen LogP contribution in [0.5, 0.6) is 0 Å². The monoisotopic (exact) mass is 222 g/mol. The van der Waals surface area contributed by atoms with Crippen LogP contribution >= 0.6 is 0 Å². The second-order valence-electron chi connectivity index (χ2n) is 4.17. The highest BCUT2D eigenvalue weighted by atomic mass is 15.1. The number of fused-ring (bicyclic) bond motifs is 1. The van der Waals surface area contributed by atoms with Crippen LogP contribution in [0.15, 0.2) is 54.1 Å². The standard InChI is InChI=1S/C15H14N2/c1-2-6-12(7-3-1)10-11-15-13-8-4-5-9-14(13)16-17-15/h2,4-11H,1,3H2,(H,16,17)/b11-10+. The second kappa shape index (κ2) is 4.42. The van der Waals surface area contributed by atoms with Gasteiger partial charge in [0.1, 0.15) is 0 Å². The van der Waals surface area contributed by atoms with E-state index in [1.165, 1.54) is 11.0 Å². The molecule has 0 bridgehead atoms. The van der Waals surface area contributed by atoms with Crippen LogP contribution in [0.25, 0.3) is 17.0 Å². The van der Waals surface area contributed by atoms with Crippen molar-refractivity contribution in [3.05, 3.63) is 59.8 Å². The number of allylic oxidation sites excluding steroid dienone is 5. The lowest BCUT2D eigenvalue weighted by molar-refractivity contribution is 1.03. The first-order valence-electron chi connectivity index (χ1n) is 5.91. The minimum absolute atomic E-state index is 1.00. The lowest BCUT2D eigenvalue weighted by Crippen LogP contribution is -1.80. The first kappa shape index (κ1) is 10.1. The summed E-state index contributed by atoms with van der Waals surface area (Å²) in [5.74, 6) is 0. The van der Waals surface area contributed by atoms with E-state index in [2.05, 4.69) is 46.6 Å². The molecule has 3 rings (SSSR count). The van der Waals surface area contributed by atoms with E-state index >= 15 is 0 Å². The van der Waals surface area contributed by atoms with Crippen LogP contribution in [-0.4, -0.2) is 10.2 Å². The number of aromatic nitrogens is 2. The molecule has 2 heteroatoms. The van der Waals surface area contributed by atoms with Gasteiger partial charge in [-0.25, -0.2) is 0 Å². The van der Waals surface area contributed by atoms with Crippen LogP contribution in [0.3, 0.4) is 0 Å². The van der Waals surface area contributed by atoms with Crippen molar-refractivity contribution >= 4 is 17.0 Å². The van der Waals surface area contributed by atoms with E-state index < -0.39 is 0 Å². The summed E-state index contributed by atoms with van der Waals surface area (Å²) in [4.78, 5) is 0. The Hall–Kier alpha value is -2.09. The molecule has 0 unspecified atom stereocenters. The molecule has 1 aromatic heterocycles. The molecule has 0 radical (unpaired) electrons. The molecule has 2 nitrogen and oxygen atoms in total. The molecule has 2 aromatic rings. The fourth-order valence-corrected chi connectivity index (χ4v) is 2.04. The van der Waals surface area contributed by atoms with Gasteiger partial charge in [-0.05, 0) is 30.6 Å². The van der Waals surface area contributed by atoms with Gasteiger partial charge >= 0.3 is 0 Å². The molecule has 1 aromatic carbocycles. The van der Waals surface area contributed by atoms with E-state index in [4.69, 9.17) is 0 Å². The minimum atomic E-state index is 1.00. The zero-order chi connectivity index (χ0) is 11.5. The molecule has 1 aliphatic rings. The van der Waals surface area contributed by atoms with Gasteiger partial charge in [0.2, 0.25) is 0 Å². The molecule has 0 saturated carbocycles. The summed E-state index contributed by atoms with van der Waals surface area (Å²) in [6.45, 7) is 0. The second-order valence-corrected chi connectivity index (χ2v) is 4.17. The Bertz CT molecular complexity index is 615. The molecule has 0 spiro atoms.